The number of nitrogens with zero attached hydrogens (tertiary/aromatic N) is 3. The third-order valence-corrected chi connectivity index (χ3v) is 7.17. The monoisotopic (exact) mass is 492 g/mol. The maximum absolute atomic E-state index is 16.2. The zero-order valence-corrected chi connectivity index (χ0v) is 20.2. The molecule has 2 aromatic heterocycles. The highest BCUT2D eigenvalue weighted by atomic mass is 19.1. The van der Waals surface area contributed by atoms with Crippen molar-refractivity contribution in [1.29, 1.82) is 5.26 Å². The first-order chi connectivity index (χ1) is 17.1. The largest absolute Gasteiger partial charge is 0.479 e. The number of aromatic amines is 1. The van der Waals surface area contributed by atoms with Gasteiger partial charge in [0.2, 0.25) is 0 Å². The molecule has 0 spiro atoms. The van der Waals surface area contributed by atoms with E-state index in [-0.39, 0.29) is 36.7 Å². The number of aryl methyl sites for hydroxylation is 1. The zero-order valence-electron chi connectivity index (χ0n) is 20.2. The summed E-state index contributed by atoms with van der Waals surface area (Å²) < 4.78 is 38.0. The number of carboxylic acid groups (broad SMARTS) is 1. The van der Waals surface area contributed by atoms with Crippen molar-refractivity contribution in [2.45, 2.75) is 57.5 Å². The molecule has 3 heterocycles. The number of benzene rings is 2. The summed E-state index contributed by atoms with van der Waals surface area (Å²) in [6.45, 7) is 5.63. The Hall–Kier alpha value is -3.77. The summed E-state index contributed by atoms with van der Waals surface area (Å²) in [5.41, 5.74) is 2.62. The molecule has 1 aliphatic rings. The molecule has 2 N–H and O–H groups in total. The number of nitrogens with one attached hydrogen (secondary N) is 1. The number of nitriles is 1. The Kier molecular flexibility index (Phi) is 5.80. The SMILES string of the molecule is Cc1cc(-n2c(C(C)(C)CC#N)c(C3CCC(C(=O)O)OC3)c3c(F)c4[nH]ncc4cc32)ccc1F. The standard InChI is InChI=1S/C27H26F2N4O3/c1-14-10-17(5-6-18(14)28)33-19-11-16-12-31-32-24(16)23(29)22(19)21(25(33)27(2,3)8-9-30)15-4-7-20(26(34)35)36-13-15/h5-6,10-12,15,20H,4,7-8,13H2,1-3H3,(H,31,32)(H,34,35). The Labute approximate surface area is 206 Å². The second-order valence-corrected chi connectivity index (χ2v) is 10.1. The zero-order chi connectivity index (χ0) is 25.8. The number of carbonyl (C=O) groups is 1. The molecule has 0 aliphatic carbocycles. The lowest BCUT2D eigenvalue weighted by atomic mass is 9.78. The molecule has 1 saturated heterocycles. The maximum atomic E-state index is 16.2. The Morgan fingerprint density at radius 2 is 2.11 bits per heavy atom. The van der Waals surface area contributed by atoms with Crippen molar-refractivity contribution >= 4 is 27.8 Å². The van der Waals surface area contributed by atoms with Gasteiger partial charge in [-0.25, -0.2) is 13.6 Å². The van der Waals surface area contributed by atoms with Crippen LogP contribution >= 0.6 is 0 Å². The maximum Gasteiger partial charge on any atom is 0.332 e. The van der Waals surface area contributed by atoms with Gasteiger partial charge >= 0.3 is 5.97 Å². The van der Waals surface area contributed by atoms with Crippen LogP contribution in [0.2, 0.25) is 0 Å². The fourth-order valence-electron chi connectivity index (χ4n) is 5.39. The van der Waals surface area contributed by atoms with E-state index in [0.29, 0.717) is 39.5 Å². The van der Waals surface area contributed by atoms with Crippen LogP contribution in [0, 0.1) is 29.9 Å². The molecule has 0 radical (unpaired) electrons. The van der Waals surface area contributed by atoms with Crippen molar-refractivity contribution in [3.05, 3.63) is 58.9 Å². The molecule has 0 amide bonds. The molecule has 0 bridgehead atoms. The van der Waals surface area contributed by atoms with Crippen LogP contribution in [0.4, 0.5) is 8.78 Å². The molecule has 1 aliphatic heterocycles. The van der Waals surface area contributed by atoms with Crippen molar-refractivity contribution in [1.82, 2.24) is 14.8 Å². The molecule has 186 valence electrons. The van der Waals surface area contributed by atoms with Gasteiger partial charge in [-0.3, -0.25) is 5.10 Å². The van der Waals surface area contributed by atoms with E-state index in [1.807, 2.05) is 24.5 Å². The molecule has 7 nitrogen and oxygen atoms in total. The first-order valence-electron chi connectivity index (χ1n) is 11.8. The summed E-state index contributed by atoms with van der Waals surface area (Å²) in [5, 5.41) is 26.8. The second-order valence-electron chi connectivity index (χ2n) is 10.1. The van der Waals surface area contributed by atoms with E-state index in [1.54, 1.807) is 25.3 Å². The summed E-state index contributed by atoms with van der Waals surface area (Å²) in [4.78, 5) is 11.5. The van der Waals surface area contributed by atoms with E-state index in [1.165, 1.54) is 6.07 Å². The van der Waals surface area contributed by atoms with Gasteiger partial charge in [0.15, 0.2) is 11.9 Å². The van der Waals surface area contributed by atoms with Crippen LogP contribution in [0.1, 0.15) is 55.8 Å². The lowest BCUT2D eigenvalue weighted by Crippen LogP contribution is -2.32. The van der Waals surface area contributed by atoms with E-state index in [0.717, 1.165) is 5.69 Å². The number of halogens is 2. The third-order valence-electron chi connectivity index (χ3n) is 7.17. The van der Waals surface area contributed by atoms with Crippen LogP contribution in [0.15, 0.2) is 30.5 Å². The molecule has 5 rings (SSSR count). The summed E-state index contributed by atoms with van der Waals surface area (Å²) in [6.07, 6.45) is 1.56. The molecule has 2 atom stereocenters. The summed E-state index contributed by atoms with van der Waals surface area (Å²) in [7, 11) is 0. The second kappa shape index (κ2) is 8.71. The summed E-state index contributed by atoms with van der Waals surface area (Å²) in [5.74, 6) is -2.14. The molecule has 9 heteroatoms. The topological polar surface area (TPSA) is 104 Å². The number of hydrogen-bond donors (Lipinski definition) is 2. The van der Waals surface area contributed by atoms with Gasteiger partial charge in [0.1, 0.15) is 11.3 Å². The van der Waals surface area contributed by atoms with E-state index in [9.17, 15) is 19.6 Å². The normalized spacial score (nSPS) is 18.6. The van der Waals surface area contributed by atoms with Crippen LogP contribution in [-0.4, -0.2) is 38.6 Å². The third kappa shape index (κ3) is 3.73. The number of rotatable bonds is 5. The minimum atomic E-state index is -1.02. The Bertz CT molecular complexity index is 1540. The smallest absolute Gasteiger partial charge is 0.332 e. The molecule has 4 aromatic rings. The van der Waals surface area contributed by atoms with Gasteiger partial charge in [0, 0.05) is 39.9 Å². The number of aromatic nitrogens is 3. The average Bonchev–Trinajstić information content (AvgIpc) is 3.45. The van der Waals surface area contributed by atoms with Crippen LogP contribution in [0.5, 0.6) is 0 Å². The number of fused-ring (bicyclic) bond motifs is 2. The first kappa shape index (κ1) is 23.9. The van der Waals surface area contributed by atoms with Crippen LogP contribution in [0.3, 0.4) is 0 Å². The minimum absolute atomic E-state index is 0.106. The van der Waals surface area contributed by atoms with Crippen molar-refractivity contribution in [2.24, 2.45) is 0 Å². The minimum Gasteiger partial charge on any atom is -0.479 e. The van der Waals surface area contributed by atoms with E-state index >= 15 is 4.39 Å². The number of hydrogen-bond acceptors (Lipinski definition) is 4. The summed E-state index contributed by atoms with van der Waals surface area (Å²) in [6, 6.07) is 8.83. The lowest BCUT2D eigenvalue weighted by Gasteiger charge is -2.32. The fourth-order valence-corrected chi connectivity index (χ4v) is 5.39. The van der Waals surface area contributed by atoms with Crippen LogP contribution in [-0.2, 0) is 14.9 Å². The van der Waals surface area contributed by atoms with Crippen molar-refractivity contribution < 1.29 is 23.4 Å². The van der Waals surface area contributed by atoms with Crippen LogP contribution < -0.4 is 0 Å². The predicted octanol–water partition coefficient (Wildman–Crippen LogP) is 5.63. The molecular weight excluding hydrogens is 466 g/mol. The Morgan fingerprint density at radius 3 is 2.75 bits per heavy atom. The van der Waals surface area contributed by atoms with Gasteiger partial charge in [0.25, 0.3) is 0 Å². The number of carboxylic acids is 1. The predicted molar refractivity (Wildman–Crippen MR) is 130 cm³/mol. The average molecular weight is 493 g/mol. The Morgan fingerprint density at radius 1 is 1.33 bits per heavy atom. The van der Waals surface area contributed by atoms with Crippen molar-refractivity contribution in [3.63, 3.8) is 0 Å². The quantitative estimate of drug-likeness (QED) is 0.376. The first-order valence-corrected chi connectivity index (χ1v) is 11.8. The van der Waals surface area contributed by atoms with Gasteiger partial charge in [-0.1, -0.05) is 13.8 Å². The highest BCUT2D eigenvalue weighted by Gasteiger charge is 2.38. The van der Waals surface area contributed by atoms with Gasteiger partial charge in [-0.05, 0) is 55.2 Å². The fraction of sp³-hybridized carbons (Fsp3) is 0.370. The van der Waals surface area contributed by atoms with E-state index in [4.69, 9.17) is 4.74 Å². The summed E-state index contributed by atoms with van der Waals surface area (Å²) >= 11 is 0. The van der Waals surface area contributed by atoms with Gasteiger partial charge < -0.3 is 14.4 Å². The molecular formula is C27H26F2N4O3. The van der Waals surface area contributed by atoms with Gasteiger partial charge in [0.05, 0.1) is 24.4 Å². The number of ether oxygens (including phenoxy) is 1. The molecule has 2 aromatic carbocycles. The highest BCUT2D eigenvalue weighted by Crippen LogP contribution is 2.46. The molecule has 36 heavy (non-hydrogen) atoms. The molecule has 0 saturated carbocycles. The lowest BCUT2D eigenvalue weighted by molar-refractivity contribution is -0.153. The van der Waals surface area contributed by atoms with E-state index < -0.39 is 23.3 Å². The van der Waals surface area contributed by atoms with E-state index in [2.05, 4.69) is 16.3 Å². The number of aliphatic carboxylic acids is 1. The highest BCUT2D eigenvalue weighted by molar-refractivity contribution is 6.00. The van der Waals surface area contributed by atoms with Crippen LogP contribution in [0.25, 0.3) is 27.5 Å². The number of H-pyrrole nitrogens is 1. The Balaban J connectivity index is 1.88. The van der Waals surface area contributed by atoms with Gasteiger partial charge in [-0.15, -0.1) is 0 Å². The van der Waals surface area contributed by atoms with Crippen molar-refractivity contribution in [3.8, 4) is 11.8 Å². The van der Waals surface area contributed by atoms with Gasteiger partial charge in [-0.2, -0.15) is 10.4 Å². The molecule has 2 unspecified atom stereocenters. The molecule has 1 fully saturated rings. The van der Waals surface area contributed by atoms with Crippen molar-refractivity contribution in [2.75, 3.05) is 6.61 Å².